The Bertz CT molecular complexity index is 2850. The van der Waals surface area contributed by atoms with Crippen LogP contribution in [0.25, 0.3) is 74.4 Å². The van der Waals surface area contributed by atoms with E-state index in [1.54, 1.807) is 0 Å². The van der Waals surface area contributed by atoms with Crippen molar-refractivity contribution in [1.29, 1.82) is 0 Å². The van der Waals surface area contributed by atoms with E-state index in [0.717, 1.165) is 28.0 Å². The van der Waals surface area contributed by atoms with Crippen LogP contribution in [-0.4, -0.2) is 9.97 Å². The molecule has 0 aliphatic rings. The molecule has 10 rings (SSSR count). The summed E-state index contributed by atoms with van der Waals surface area (Å²) in [5, 5.41) is 12.3. The molecule has 10 aromatic rings. The molecular formula is C44H27N3S. The van der Waals surface area contributed by atoms with Crippen LogP contribution in [0.2, 0.25) is 0 Å². The monoisotopic (exact) mass is 629 g/mol. The third-order valence-electron chi connectivity index (χ3n) is 9.52. The lowest BCUT2D eigenvalue weighted by Gasteiger charge is -2.25. The minimum absolute atomic E-state index is 0.885. The van der Waals surface area contributed by atoms with Crippen molar-refractivity contribution < 1.29 is 0 Å². The number of pyridine rings is 2. The van der Waals surface area contributed by atoms with Crippen molar-refractivity contribution in [1.82, 2.24) is 9.97 Å². The van der Waals surface area contributed by atoms with Gasteiger partial charge in [-0.1, -0.05) is 91.0 Å². The van der Waals surface area contributed by atoms with Gasteiger partial charge in [-0.2, -0.15) is 0 Å². The summed E-state index contributed by atoms with van der Waals surface area (Å²) in [6, 6.07) is 52.7. The molecule has 0 amide bonds. The number of thiophene rings is 1. The minimum atomic E-state index is 0.885. The molecule has 0 fully saturated rings. The number of rotatable bonds is 4. The zero-order valence-corrected chi connectivity index (χ0v) is 26.7. The van der Waals surface area contributed by atoms with Gasteiger partial charge in [-0.25, -0.2) is 4.98 Å². The van der Waals surface area contributed by atoms with E-state index >= 15 is 0 Å². The number of nitrogens with zero attached hydrogens (tertiary/aromatic N) is 3. The van der Waals surface area contributed by atoms with Crippen molar-refractivity contribution in [3.05, 3.63) is 164 Å². The first-order valence-corrected chi connectivity index (χ1v) is 16.9. The van der Waals surface area contributed by atoms with Crippen molar-refractivity contribution in [2.75, 3.05) is 4.90 Å². The van der Waals surface area contributed by atoms with E-state index in [-0.39, 0.29) is 0 Å². The standard InChI is InChI=1S/C44H27N3S/c1-2-7-34-27-46-44(24-30(34)6-1)47(37-16-18-40-41-22-32-19-20-45-26-35(32)23-42(41)48-43(40)25-37)36-14-11-28(12-15-36)31-13-17-39-33(21-31)10-9-29-5-3-4-8-38(29)39/h1-27H. The Morgan fingerprint density at radius 1 is 0.417 bits per heavy atom. The second-order valence-electron chi connectivity index (χ2n) is 12.3. The lowest BCUT2D eigenvalue weighted by Crippen LogP contribution is -2.11. The summed E-state index contributed by atoms with van der Waals surface area (Å²) in [6.07, 6.45) is 5.78. The summed E-state index contributed by atoms with van der Waals surface area (Å²) in [5.74, 6) is 0.885. The van der Waals surface area contributed by atoms with E-state index in [0.29, 0.717) is 0 Å². The van der Waals surface area contributed by atoms with E-state index in [1.165, 1.54) is 63.6 Å². The van der Waals surface area contributed by atoms with E-state index in [2.05, 4.69) is 155 Å². The third kappa shape index (κ3) is 4.42. The Kier molecular flexibility index (Phi) is 6.05. The molecule has 0 aliphatic carbocycles. The third-order valence-corrected chi connectivity index (χ3v) is 10.6. The fourth-order valence-corrected chi connectivity index (χ4v) is 8.26. The lowest BCUT2D eigenvalue weighted by molar-refractivity contribution is 1.20. The number of aromatic nitrogens is 2. The van der Waals surface area contributed by atoms with E-state index in [1.807, 2.05) is 29.9 Å². The largest absolute Gasteiger partial charge is 0.295 e. The fourth-order valence-electron chi connectivity index (χ4n) is 7.09. The Balaban J connectivity index is 1.09. The van der Waals surface area contributed by atoms with Gasteiger partial charge in [0.05, 0.1) is 0 Å². The maximum Gasteiger partial charge on any atom is 0.138 e. The molecule has 0 N–H and O–H groups in total. The van der Waals surface area contributed by atoms with Crippen molar-refractivity contribution in [2.24, 2.45) is 0 Å². The SMILES string of the molecule is c1ccc2cc(N(c3ccc(-c4ccc5c(ccc6ccccc65)c4)cc3)c3ccc4c(c3)sc3cc5cnccc5cc34)ncc2c1. The molecule has 3 nitrogen and oxygen atoms in total. The number of fused-ring (bicyclic) bond motifs is 8. The number of hydrogen-bond donors (Lipinski definition) is 0. The molecule has 0 aliphatic heterocycles. The van der Waals surface area contributed by atoms with Gasteiger partial charge in [-0.3, -0.25) is 9.88 Å². The number of hydrogen-bond acceptors (Lipinski definition) is 4. The van der Waals surface area contributed by atoms with Gasteiger partial charge in [0.15, 0.2) is 0 Å². The summed E-state index contributed by atoms with van der Waals surface area (Å²) in [6.45, 7) is 0. The van der Waals surface area contributed by atoms with Gasteiger partial charge in [0, 0.05) is 60.9 Å². The molecule has 0 atom stereocenters. The molecule has 7 aromatic carbocycles. The average Bonchev–Trinajstić information content (AvgIpc) is 3.50. The Morgan fingerprint density at radius 3 is 2.04 bits per heavy atom. The first-order chi connectivity index (χ1) is 23.7. The zero-order valence-electron chi connectivity index (χ0n) is 25.8. The van der Waals surface area contributed by atoms with Crippen molar-refractivity contribution >= 4 is 91.8 Å². The lowest BCUT2D eigenvalue weighted by atomic mass is 9.97. The van der Waals surface area contributed by atoms with Crippen molar-refractivity contribution in [2.45, 2.75) is 0 Å². The molecule has 3 heterocycles. The Morgan fingerprint density at radius 2 is 1.12 bits per heavy atom. The minimum Gasteiger partial charge on any atom is -0.295 e. The zero-order chi connectivity index (χ0) is 31.6. The topological polar surface area (TPSA) is 29.0 Å². The highest BCUT2D eigenvalue weighted by Crippen LogP contribution is 2.42. The van der Waals surface area contributed by atoms with Crippen molar-refractivity contribution in [3.63, 3.8) is 0 Å². The molecule has 0 saturated carbocycles. The molecule has 0 radical (unpaired) electrons. The molecule has 0 saturated heterocycles. The Hall–Kier alpha value is -6.10. The van der Waals surface area contributed by atoms with Crippen LogP contribution in [0, 0.1) is 0 Å². The molecule has 4 heteroatoms. The predicted molar refractivity (Wildman–Crippen MR) is 205 cm³/mol. The molecule has 3 aromatic heterocycles. The maximum atomic E-state index is 4.98. The van der Waals surface area contributed by atoms with Gasteiger partial charge < -0.3 is 0 Å². The maximum absolute atomic E-state index is 4.98. The molecule has 224 valence electrons. The molecule has 0 bridgehead atoms. The highest BCUT2D eigenvalue weighted by Gasteiger charge is 2.17. The summed E-state index contributed by atoms with van der Waals surface area (Å²) < 4.78 is 2.52. The van der Waals surface area contributed by atoms with Crippen LogP contribution in [0.5, 0.6) is 0 Å². The van der Waals surface area contributed by atoms with Crippen LogP contribution >= 0.6 is 11.3 Å². The highest BCUT2D eigenvalue weighted by atomic mass is 32.1. The molecular weight excluding hydrogens is 603 g/mol. The number of anilines is 3. The predicted octanol–water partition coefficient (Wildman–Crippen LogP) is 12.6. The molecule has 48 heavy (non-hydrogen) atoms. The van der Waals surface area contributed by atoms with E-state index in [4.69, 9.17) is 4.98 Å². The van der Waals surface area contributed by atoms with Gasteiger partial charge in [0.1, 0.15) is 5.82 Å². The van der Waals surface area contributed by atoms with Gasteiger partial charge >= 0.3 is 0 Å². The number of benzene rings is 7. The summed E-state index contributed by atoms with van der Waals surface area (Å²) in [4.78, 5) is 11.6. The summed E-state index contributed by atoms with van der Waals surface area (Å²) in [7, 11) is 0. The van der Waals surface area contributed by atoms with Crippen molar-refractivity contribution in [3.8, 4) is 11.1 Å². The van der Waals surface area contributed by atoms with Gasteiger partial charge in [-0.15, -0.1) is 11.3 Å². The molecule has 0 unspecified atom stereocenters. The van der Waals surface area contributed by atoms with Gasteiger partial charge in [-0.05, 0) is 98.0 Å². The van der Waals surface area contributed by atoms with Crippen LogP contribution in [0.1, 0.15) is 0 Å². The fraction of sp³-hybridized carbons (Fsp3) is 0. The first kappa shape index (κ1) is 27.1. The molecule has 0 spiro atoms. The second kappa shape index (κ2) is 10.7. The van der Waals surface area contributed by atoms with E-state index in [9.17, 15) is 0 Å². The first-order valence-electron chi connectivity index (χ1n) is 16.1. The van der Waals surface area contributed by atoms with Crippen LogP contribution in [0.15, 0.2) is 164 Å². The van der Waals surface area contributed by atoms with Crippen LogP contribution in [0.3, 0.4) is 0 Å². The summed E-state index contributed by atoms with van der Waals surface area (Å²) in [5.41, 5.74) is 4.52. The van der Waals surface area contributed by atoms with Crippen LogP contribution in [-0.2, 0) is 0 Å². The normalized spacial score (nSPS) is 11.8. The quantitative estimate of drug-likeness (QED) is 0.181. The second-order valence-corrected chi connectivity index (χ2v) is 13.4. The van der Waals surface area contributed by atoms with Gasteiger partial charge in [0.2, 0.25) is 0 Å². The summed E-state index contributed by atoms with van der Waals surface area (Å²) >= 11 is 1.83. The highest BCUT2D eigenvalue weighted by molar-refractivity contribution is 7.25. The smallest absolute Gasteiger partial charge is 0.138 e. The van der Waals surface area contributed by atoms with Crippen LogP contribution in [0.4, 0.5) is 17.2 Å². The Labute approximate surface area is 281 Å². The van der Waals surface area contributed by atoms with Gasteiger partial charge in [0.25, 0.3) is 0 Å². The average molecular weight is 630 g/mol. The van der Waals surface area contributed by atoms with Crippen LogP contribution < -0.4 is 4.90 Å². The van der Waals surface area contributed by atoms with E-state index < -0.39 is 0 Å².